The first-order valence-corrected chi connectivity index (χ1v) is 7.32. The van der Waals surface area contributed by atoms with E-state index in [4.69, 9.17) is 9.47 Å². The summed E-state index contributed by atoms with van der Waals surface area (Å²) in [5.41, 5.74) is 0. The summed E-state index contributed by atoms with van der Waals surface area (Å²) < 4.78 is 11.5. The topological polar surface area (TPSA) is 50.8 Å². The summed E-state index contributed by atoms with van der Waals surface area (Å²) in [5, 5.41) is 3.12. The standard InChI is InChI=1S/C14H26N2O3/c1-4-12(15-13(17)16(2)3)11-5-7-14(8-6-11)18-9-10-19-14/h11-12H,4-10H2,1-3H3,(H,15,17). The molecule has 110 valence electrons. The summed E-state index contributed by atoms with van der Waals surface area (Å²) in [6.07, 6.45) is 5.00. The normalized spacial score (nSPS) is 24.4. The molecule has 1 aliphatic carbocycles. The van der Waals surface area contributed by atoms with E-state index < -0.39 is 0 Å². The molecule has 19 heavy (non-hydrogen) atoms. The Labute approximate surface area is 115 Å². The highest BCUT2D eigenvalue weighted by Crippen LogP contribution is 2.39. The van der Waals surface area contributed by atoms with Crippen molar-refractivity contribution >= 4 is 6.03 Å². The number of urea groups is 1. The lowest BCUT2D eigenvalue weighted by Crippen LogP contribution is -2.47. The fraction of sp³-hybridized carbons (Fsp3) is 0.929. The van der Waals surface area contributed by atoms with Gasteiger partial charge in [0.15, 0.2) is 5.79 Å². The minimum absolute atomic E-state index is 0.000466. The molecule has 1 aliphatic heterocycles. The van der Waals surface area contributed by atoms with Crippen molar-refractivity contribution in [2.45, 2.75) is 50.9 Å². The van der Waals surface area contributed by atoms with Crippen LogP contribution in [0, 0.1) is 5.92 Å². The maximum absolute atomic E-state index is 11.8. The Bertz CT molecular complexity index is 304. The van der Waals surface area contributed by atoms with Gasteiger partial charge in [-0.3, -0.25) is 0 Å². The highest BCUT2D eigenvalue weighted by Gasteiger charge is 2.41. The highest BCUT2D eigenvalue weighted by atomic mass is 16.7. The Hall–Kier alpha value is -0.810. The zero-order chi connectivity index (χ0) is 13.9. The number of nitrogens with zero attached hydrogens (tertiary/aromatic N) is 1. The van der Waals surface area contributed by atoms with Gasteiger partial charge in [0.1, 0.15) is 0 Å². The average Bonchev–Trinajstić information content (AvgIpc) is 2.85. The molecule has 1 atom stereocenters. The smallest absolute Gasteiger partial charge is 0.317 e. The van der Waals surface area contributed by atoms with Crippen molar-refractivity contribution in [3.63, 3.8) is 0 Å². The van der Waals surface area contributed by atoms with Gasteiger partial charge in [-0.25, -0.2) is 4.79 Å². The van der Waals surface area contributed by atoms with E-state index in [9.17, 15) is 4.79 Å². The number of amides is 2. The zero-order valence-electron chi connectivity index (χ0n) is 12.3. The van der Waals surface area contributed by atoms with Crippen molar-refractivity contribution in [3.8, 4) is 0 Å². The largest absolute Gasteiger partial charge is 0.348 e. The molecule has 1 saturated carbocycles. The van der Waals surface area contributed by atoms with Crippen LogP contribution in [0.15, 0.2) is 0 Å². The van der Waals surface area contributed by atoms with Crippen LogP contribution in [0.3, 0.4) is 0 Å². The lowest BCUT2D eigenvalue weighted by atomic mass is 9.80. The molecule has 0 aromatic heterocycles. The third-order valence-corrected chi connectivity index (χ3v) is 4.33. The third-order valence-electron chi connectivity index (χ3n) is 4.33. The van der Waals surface area contributed by atoms with Gasteiger partial charge in [0.05, 0.1) is 13.2 Å². The van der Waals surface area contributed by atoms with E-state index in [2.05, 4.69) is 12.2 Å². The van der Waals surface area contributed by atoms with Crippen LogP contribution in [0.4, 0.5) is 4.79 Å². The Morgan fingerprint density at radius 1 is 1.32 bits per heavy atom. The minimum Gasteiger partial charge on any atom is -0.348 e. The molecule has 1 unspecified atom stereocenters. The van der Waals surface area contributed by atoms with Crippen LogP contribution in [-0.4, -0.2) is 50.1 Å². The first kappa shape index (κ1) is 14.6. The summed E-state index contributed by atoms with van der Waals surface area (Å²) >= 11 is 0. The van der Waals surface area contributed by atoms with Crippen molar-refractivity contribution in [3.05, 3.63) is 0 Å². The fourth-order valence-corrected chi connectivity index (χ4v) is 3.11. The molecule has 2 fully saturated rings. The van der Waals surface area contributed by atoms with Gasteiger partial charge in [-0.15, -0.1) is 0 Å². The summed E-state index contributed by atoms with van der Waals surface area (Å²) in [6, 6.07) is 0.258. The number of rotatable bonds is 3. The van der Waals surface area contributed by atoms with E-state index in [1.54, 1.807) is 19.0 Å². The van der Waals surface area contributed by atoms with Gasteiger partial charge >= 0.3 is 6.03 Å². The van der Waals surface area contributed by atoms with Gasteiger partial charge in [-0.1, -0.05) is 6.92 Å². The Balaban J connectivity index is 1.86. The van der Waals surface area contributed by atoms with Crippen LogP contribution >= 0.6 is 0 Å². The number of nitrogens with one attached hydrogen (secondary N) is 1. The first-order chi connectivity index (χ1) is 9.06. The van der Waals surface area contributed by atoms with E-state index >= 15 is 0 Å². The second-order valence-corrected chi connectivity index (χ2v) is 5.80. The Morgan fingerprint density at radius 3 is 2.37 bits per heavy atom. The summed E-state index contributed by atoms with van der Waals surface area (Å²) in [6.45, 7) is 3.58. The van der Waals surface area contributed by atoms with Crippen LogP contribution in [0.1, 0.15) is 39.0 Å². The molecule has 0 bridgehead atoms. The summed E-state index contributed by atoms with van der Waals surface area (Å²) in [4.78, 5) is 13.4. The predicted octanol–water partition coefficient (Wildman–Crippen LogP) is 1.97. The van der Waals surface area contributed by atoms with Gasteiger partial charge in [-0.2, -0.15) is 0 Å². The van der Waals surface area contributed by atoms with E-state index in [1.165, 1.54) is 0 Å². The zero-order valence-corrected chi connectivity index (χ0v) is 12.3. The maximum Gasteiger partial charge on any atom is 0.317 e. The predicted molar refractivity (Wildman–Crippen MR) is 72.9 cm³/mol. The van der Waals surface area contributed by atoms with Gasteiger partial charge in [0, 0.05) is 33.0 Å². The molecule has 2 amide bonds. The molecule has 2 rings (SSSR count). The van der Waals surface area contributed by atoms with Crippen molar-refractivity contribution < 1.29 is 14.3 Å². The second-order valence-electron chi connectivity index (χ2n) is 5.80. The van der Waals surface area contributed by atoms with Gasteiger partial charge in [-0.05, 0) is 25.2 Å². The molecule has 2 aliphatic rings. The quantitative estimate of drug-likeness (QED) is 0.853. The Morgan fingerprint density at radius 2 is 1.89 bits per heavy atom. The lowest BCUT2D eigenvalue weighted by Gasteiger charge is -2.38. The molecular weight excluding hydrogens is 244 g/mol. The second kappa shape index (κ2) is 6.09. The van der Waals surface area contributed by atoms with Crippen LogP contribution in [0.5, 0.6) is 0 Å². The van der Waals surface area contributed by atoms with Crippen LogP contribution in [-0.2, 0) is 9.47 Å². The fourth-order valence-electron chi connectivity index (χ4n) is 3.11. The molecule has 1 spiro atoms. The van der Waals surface area contributed by atoms with Crippen molar-refractivity contribution in [2.75, 3.05) is 27.3 Å². The monoisotopic (exact) mass is 270 g/mol. The lowest BCUT2D eigenvalue weighted by molar-refractivity contribution is -0.183. The molecule has 5 nitrogen and oxygen atoms in total. The number of carbonyl (C=O) groups is 1. The highest BCUT2D eigenvalue weighted by molar-refractivity contribution is 5.73. The average molecular weight is 270 g/mol. The third kappa shape index (κ3) is 3.39. The van der Waals surface area contributed by atoms with Gasteiger partial charge < -0.3 is 19.7 Å². The van der Waals surface area contributed by atoms with Crippen LogP contribution in [0.25, 0.3) is 0 Å². The molecule has 0 aromatic rings. The molecular formula is C14H26N2O3. The van der Waals surface area contributed by atoms with E-state index in [-0.39, 0.29) is 17.9 Å². The molecule has 5 heteroatoms. The molecule has 1 heterocycles. The van der Waals surface area contributed by atoms with E-state index in [0.717, 1.165) is 45.3 Å². The van der Waals surface area contributed by atoms with Gasteiger partial charge in [0.25, 0.3) is 0 Å². The van der Waals surface area contributed by atoms with Gasteiger partial charge in [0.2, 0.25) is 0 Å². The number of ether oxygens (including phenoxy) is 2. The van der Waals surface area contributed by atoms with Crippen molar-refractivity contribution in [1.82, 2.24) is 10.2 Å². The van der Waals surface area contributed by atoms with Crippen molar-refractivity contribution in [2.24, 2.45) is 5.92 Å². The molecule has 1 N–H and O–H groups in total. The minimum atomic E-state index is -0.305. The number of hydrogen-bond donors (Lipinski definition) is 1. The summed E-state index contributed by atoms with van der Waals surface area (Å²) in [5.74, 6) is 0.229. The Kier molecular flexibility index (Phi) is 4.68. The first-order valence-electron chi connectivity index (χ1n) is 7.32. The van der Waals surface area contributed by atoms with E-state index in [1.807, 2.05) is 0 Å². The maximum atomic E-state index is 11.8. The molecule has 0 radical (unpaired) electrons. The molecule has 1 saturated heterocycles. The van der Waals surface area contributed by atoms with E-state index in [0.29, 0.717) is 5.92 Å². The SMILES string of the molecule is CCC(NC(=O)N(C)C)C1CCC2(CC1)OCCO2. The molecule has 0 aromatic carbocycles. The summed E-state index contributed by atoms with van der Waals surface area (Å²) in [7, 11) is 3.55. The van der Waals surface area contributed by atoms with Crippen LogP contribution in [0.2, 0.25) is 0 Å². The van der Waals surface area contributed by atoms with Crippen molar-refractivity contribution in [1.29, 1.82) is 0 Å². The number of hydrogen-bond acceptors (Lipinski definition) is 3. The van der Waals surface area contributed by atoms with Crippen LogP contribution < -0.4 is 5.32 Å². The number of carbonyl (C=O) groups excluding carboxylic acids is 1.